The molecule has 0 spiro atoms. The van der Waals surface area contributed by atoms with Crippen LogP contribution in [0.2, 0.25) is 0 Å². The van der Waals surface area contributed by atoms with E-state index in [0.717, 1.165) is 55.0 Å². The molecule has 0 aliphatic heterocycles. The van der Waals surface area contributed by atoms with Crippen molar-refractivity contribution in [2.75, 3.05) is 0 Å². The molecule has 8 rings (SSSR count). The lowest BCUT2D eigenvalue weighted by molar-refractivity contribution is 0.435. The summed E-state index contributed by atoms with van der Waals surface area (Å²) in [5.74, 6) is 0.620. The SMILES string of the molecule is OB(Oc1cccc2c3ccccc3n(-c3ccccc3)c12)c1cccc2c3ccccc3n(-c3ccccc3)c12. The zero-order chi connectivity index (χ0) is 27.3. The summed E-state index contributed by atoms with van der Waals surface area (Å²) in [6.45, 7) is 0. The van der Waals surface area contributed by atoms with Gasteiger partial charge in [0.05, 0.1) is 22.1 Å². The number of fused-ring (bicyclic) bond motifs is 6. The first-order chi connectivity index (χ1) is 20.3. The van der Waals surface area contributed by atoms with Crippen LogP contribution >= 0.6 is 0 Å². The minimum absolute atomic E-state index is 0.620. The monoisotopic (exact) mass is 528 g/mol. The molecule has 5 heteroatoms. The number of hydrogen-bond donors (Lipinski definition) is 1. The van der Waals surface area contributed by atoms with Crippen molar-refractivity contribution in [1.29, 1.82) is 0 Å². The molecule has 0 atom stereocenters. The van der Waals surface area contributed by atoms with Crippen molar-refractivity contribution in [1.82, 2.24) is 9.13 Å². The highest BCUT2D eigenvalue weighted by Crippen LogP contribution is 2.37. The number of para-hydroxylation sites is 6. The number of nitrogens with zero attached hydrogens (tertiary/aromatic N) is 2. The van der Waals surface area contributed by atoms with Crippen LogP contribution in [0.4, 0.5) is 0 Å². The zero-order valence-corrected chi connectivity index (χ0v) is 22.2. The summed E-state index contributed by atoms with van der Waals surface area (Å²) in [5.41, 5.74) is 6.81. The Morgan fingerprint density at radius 2 is 0.902 bits per heavy atom. The van der Waals surface area contributed by atoms with Crippen molar-refractivity contribution in [3.63, 3.8) is 0 Å². The Kier molecular flexibility index (Phi) is 5.44. The van der Waals surface area contributed by atoms with Gasteiger partial charge in [0.1, 0.15) is 5.75 Å². The highest BCUT2D eigenvalue weighted by atomic mass is 16.5. The van der Waals surface area contributed by atoms with Gasteiger partial charge in [-0.05, 0) is 42.5 Å². The van der Waals surface area contributed by atoms with Crippen LogP contribution < -0.4 is 10.1 Å². The lowest BCUT2D eigenvalue weighted by atomic mass is 9.78. The fourth-order valence-electron chi connectivity index (χ4n) is 6.20. The summed E-state index contributed by atoms with van der Waals surface area (Å²) in [7, 11) is -1.20. The Hall–Kier alpha value is -5.26. The number of rotatable bonds is 5. The molecule has 0 radical (unpaired) electrons. The molecule has 194 valence electrons. The lowest BCUT2D eigenvalue weighted by Crippen LogP contribution is -2.38. The van der Waals surface area contributed by atoms with Crippen LogP contribution in [-0.4, -0.2) is 21.3 Å². The standard InChI is InChI=1S/C36H25BN2O2/c40-37(31-21-11-19-29-27-17-7-9-22-32(27)38(35(29)31)25-13-3-1-4-14-25)41-34-24-12-20-30-28-18-8-10-23-33(28)39(36(30)34)26-15-5-2-6-16-26/h1-24,40H. The van der Waals surface area contributed by atoms with Gasteiger partial charge in [-0.25, -0.2) is 0 Å². The molecule has 1 N–H and O–H groups in total. The van der Waals surface area contributed by atoms with Crippen molar-refractivity contribution in [3.05, 3.63) is 146 Å². The average Bonchev–Trinajstić information content (AvgIpc) is 3.56. The highest BCUT2D eigenvalue weighted by Gasteiger charge is 2.27. The topological polar surface area (TPSA) is 39.3 Å². The van der Waals surface area contributed by atoms with Gasteiger partial charge in [0.2, 0.25) is 0 Å². The first-order valence-corrected chi connectivity index (χ1v) is 13.8. The Morgan fingerprint density at radius 1 is 0.439 bits per heavy atom. The van der Waals surface area contributed by atoms with Crippen molar-refractivity contribution < 1.29 is 9.68 Å². The van der Waals surface area contributed by atoms with E-state index in [1.807, 2.05) is 60.7 Å². The Labute approximate surface area is 237 Å². The summed E-state index contributed by atoms with van der Waals surface area (Å²) < 4.78 is 11.0. The van der Waals surface area contributed by atoms with E-state index in [0.29, 0.717) is 11.2 Å². The van der Waals surface area contributed by atoms with Crippen LogP contribution in [0, 0.1) is 0 Å². The maximum Gasteiger partial charge on any atom is 0.562 e. The van der Waals surface area contributed by atoms with Gasteiger partial charge in [-0.15, -0.1) is 0 Å². The normalized spacial score (nSPS) is 11.5. The largest absolute Gasteiger partial charge is 0.562 e. The van der Waals surface area contributed by atoms with Crippen LogP contribution in [0.3, 0.4) is 0 Å². The van der Waals surface area contributed by atoms with Crippen molar-refractivity contribution in [3.8, 4) is 17.1 Å². The van der Waals surface area contributed by atoms with Gasteiger partial charge in [-0.1, -0.05) is 103 Å². The molecule has 0 saturated carbocycles. The van der Waals surface area contributed by atoms with E-state index < -0.39 is 7.12 Å². The second-order valence-corrected chi connectivity index (χ2v) is 10.2. The first-order valence-electron chi connectivity index (χ1n) is 13.8. The predicted molar refractivity (Wildman–Crippen MR) is 170 cm³/mol. The molecule has 6 aromatic carbocycles. The highest BCUT2D eigenvalue weighted by molar-refractivity contribution is 6.64. The van der Waals surface area contributed by atoms with E-state index in [-0.39, 0.29) is 0 Å². The van der Waals surface area contributed by atoms with Crippen LogP contribution in [0.15, 0.2) is 146 Å². The molecule has 0 fully saturated rings. The lowest BCUT2D eigenvalue weighted by Gasteiger charge is -2.16. The third kappa shape index (κ3) is 3.67. The minimum atomic E-state index is -1.20. The third-order valence-corrected chi connectivity index (χ3v) is 7.92. The predicted octanol–water partition coefficient (Wildman–Crippen LogP) is 7.65. The smallest absolute Gasteiger partial charge is 0.531 e. The summed E-state index contributed by atoms with van der Waals surface area (Å²) in [4.78, 5) is 0. The van der Waals surface area contributed by atoms with Gasteiger partial charge < -0.3 is 18.8 Å². The second kappa shape index (κ2) is 9.44. The molecule has 41 heavy (non-hydrogen) atoms. The van der Waals surface area contributed by atoms with Crippen LogP contribution in [0.25, 0.3) is 55.0 Å². The van der Waals surface area contributed by atoms with Crippen LogP contribution in [-0.2, 0) is 0 Å². The van der Waals surface area contributed by atoms with Gasteiger partial charge >= 0.3 is 7.12 Å². The van der Waals surface area contributed by atoms with E-state index >= 15 is 0 Å². The summed E-state index contributed by atoms with van der Waals surface area (Å²) >= 11 is 0. The molecule has 0 unspecified atom stereocenters. The molecule has 2 aromatic heterocycles. The van der Waals surface area contributed by atoms with Crippen molar-refractivity contribution in [2.45, 2.75) is 0 Å². The molecule has 4 nitrogen and oxygen atoms in total. The van der Waals surface area contributed by atoms with E-state index in [9.17, 15) is 5.02 Å². The number of benzene rings is 6. The summed E-state index contributed by atoms with van der Waals surface area (Å²) in [6, 6.07) is 49.4. The Morgan fingerprint density at radius 3 is 1.51 bits per heavy atom. The number of aromatic nitrogens is 2. The van der Waals surface area contributed by atoms with Crippen LogP contribution in [0.1, 0.15) is 0 Å². The van der Waals surface area contributed by atoms with Gasteiger partial charge in [0, 0.05) is 38.4 Å². The summed E-state index contributed by atoms with van der Waals surface area (Å²) in [6.07, 6.45) is 0. The van der Waals surface area contributed by atoms with E-state index in [1.54, 1.807) is 0 Å². The average molecular weight is 528 g/mol. The molecule has 0 aliphatic rings. The number of hydrogen-bond acceptors (Lipinski definition) is 2. The van der Waals surface area contributed by atoms with E-state index in [2.05, 4.69) is 94.1 Å². The third-order valence-electron chi connectivity index (χ3n) is 7.92. The second-order valence-electron chi connectivity index (χ2n) is 10.2. The Balaban J connectivity index is 1.35. The fourth-order valence-corrected chi connectivity index (χ4v) is 6.20. The van der Waals surface area contributed by atoms with Crippen LogP contribution in [0.5, 0.6) is 5.75 Å². The maximum absolute atomic E-state index is 11.8. The zero-order valence-electron chi connectivity index (χ0n) is 22.2. The minimum Gasteiger partial charge on any atom is -0.531 e. The summed E-state index contributed by atoms with van der Waals surface area (Å²) in [5, 5.41) is 16.2. The molecule has 0 amide bonds. The molecule has 0 saturated heterocycles. The van der Waals surface area contributed by atoms with Gasteiger partial charge in [0.25, 0.3) is 0 Å². The Bertz CT molecular complexity index is 2200. The van der Waals surface area contributed by atoms with Crippen molar-refractivity contribution in [2.24, 2.45) is 0 Å². The molecule has 0 bridgehead atoms. The molecule has 2 heterocycles. The maximum atomic E-state index is 11.8. The van der Waals surface area contributed by atoms with Gasteiger partial charge in [0.15, 0.2) is 0 Å². The van der Waals surface area contributed by atoms with Gasteiger partial charge in [-0.3, -0.25) is 0 Å². The van der Waals surface area contributed by atoms with Gasteiger partial charge in [-0.2, -0.15) is 0 Å². The molecular weight excluding hydrogens is 503 g/mol. The van der Waals surface area contributed by atoms with E-state index in [4.69, 9.17) is 4.65 Å². The quantitative estimate of drug-likeness (QED) is 0.233. The fraction of sp³-hybridized carbons (Fsp3) is 0. The molecule has 8 aromatic rings. The first kappa shape index (κ1) is 23.6. The molecule has 0 aliphatic carbocycles. The van der Waals surface area contributed by atoms with E-state index in [1.165, 1.54) is 0 Å². The van der Waals surface area contributed by atoms with Crippen molar-refractivity contribution >= 4 is 56.2 Å². The molecular formula is C36H25BN2O2.